The van der Waals surface area contributed by atoms with Crippen LogP contribution >= 0.6 is 24.0 Å². The number of halogens is 2. The zero-order chi connectivity index (χ0) is 17.8. The minimum absolute atomic E-state index is 0. The van der Waals surface area contributed by atoms with Gasteiger partial charge < -0.3 is 15.1 Å². The van der Waals surface area contributed by atoms with E-state index in [1.165, 1.54) is 23.4 Å². The van der Waals surface area contributed by atoms with E-state index >= 15 is 0 Å². The summed E-state index contributed by atoms with van der Waals surface area (Å²) in [7, 11) is 5.87. The van der Waals surface area contributed by atoms with E-state index in [-0.39, 0.29) is 35.8 Å². The molecule has 1 aliphatic heterocycles. The zero-order valence-electron chi connectivity index (χ0n) is 15.4. The van der Waals surface area contributed by atoms with E-state index in [9.17, 15) is 4.39 Å². The Bertz CT molecular complexity index is 746. The number of aliphatic imine (C=N–C) groups is 1. The first-order chi connectivity index (χ1) is 12.1. The summed E-state index contributed by atoms with van der Waals surface area (Å²) in [4.78, 5) is 8.82. The standard InChI is InChI=1S/C20H25FN4.HI/c1-22-20(25-13-12-15-6-4-5-7-18(15)25)23-14-19(24(2)3)16-8-10-17(21)11-9-16;/h4-11,19H,12-14H2,1-3H3,(H,22,23);1H. The highest BCUT2D eigenvalue weighted by Gasteiger charge is 2.23. The van der Waals surface area contributed by atoms with Gasteiger partial charge in [0.2, 0.25) is 0 Å². The molecule has 0 spiro atoms. The summed E-state index contributed by atoms with van der Waals surface area (Å²) >= 11 is 0. The number of hydrogen-bond acceptors (Lipinski definition) is 2. The molecule has 1 heterocycles. The minimum Gasteiger partial charge on any atom is -0.354 e. The van der Waals surface area contributed by atoms with Gasteiger partial charge in [0, 0.05) is 25.8 Å². The second-order valence-electron chi connectivity index (χ2n) is 6.49. The van der Waals surface area contributed by atoms with Crippen LogP contribution in [0.25, 0.3) is 0 Å². The molecule has 2 aromatic carbocycles. The van der Waals surface area contributed by atoms with Gasteiger partial charge in [0.25, 0.3) is 0 Å². The fourth-order valence-corrected chi connectivity index (χ4v) is 3.32. The molecule has 0 bridgehead atoms. The number of rotatable bonds is 4. The molecule has 0 aliphatic carbocycles. The SMILES string of the molecule is CN=C(NCC(c1ccc(F)cc1)N(C)C)N1CCc2ccccc21.I. The van der Waals surface area contributed by atoms with Crippen molar-refractivity contribution in [2.45, 2.75) is 12.5 Å². The second kappa shape index (κ2) is 9.32. The monoisotopic (exact) mass is 468 g/mol. The normalized spacial score (nSPS) is 14.8. The van der Waals surface area contributed by atoms with Crippen LogP contribution in [-0.4, -0.2) is 45.1 Å². The molecule has 2 aromatic rings. The first-order valence-corrected chi connectivity index (χ1v) is 8.58. The first kappa shape index (κ1) is 20.6. The molecular formula is C20H26FIN4. The van der Waals surface area contributed by atoms with Crippen molar-refractivity contribution >= 4 is 35.6 Å². The van der Waals surface area contributed by atoms with Crippen LogP contribution in [0.4, 0.5) is 10.1 Å². The lowest BCUT2D eigenvalue weighted by molar-refractivity contribution is 0.298. The lowest BCUT2D eigenvalue weighted by Crippen LogP contribution is -2.44. The van der Waals surface area contributed by atoms with Gasteiger partial charge in [-0.05, 0) is 49.8 Å². The number of nitrogens with one attached hydrogen (secondary N) is 1. The quantitative estimate of drug-likeness (QED) is 0.422. The van der Waals surface area contributed by atoms with Crippen molar-refractivity contribution in [3.05, 3.63) is 65.5 Å². The van der Waals surface area contributed by atoms with Gasteiger partial charge in [-0.1, -0.05) is 30.3 Å². The summed E-state index contributed by atoms with van der Waals surface area (Å²) in [5.41, 5.74) is 3.66. The van der Waals surface area contributed by atoms with Crippen LogP contribution < -0.4 is 10.2 Å². The van der Waals surface area contributed by atoms with Crippen molar-refractivity contribution in [1.29, 1.82) is 0 Å². The molecule has 0 saturated carbocycles. The third-order valence-corrected chi connectivity index (χ3v) is 4.69. The van der Waals surface area contributed by atoms with Crippen molar-refractivity contribution in [2.24, 2.45) is 4.99 Å². The van der Waals surface area contributed by atoms with Crippen molar-refractivity contribution < 1.29 is 4.39 Å². The molecule has 1 N–H and O–H groups in total. The van der Waals surface area contributed by atoms with Crippen LogP contribution in [0.3, 0.4) is 0 Å². The Balaban J connectivity index is 0.00000243. The van der Waals surface area contributed by atoms with Gasteiger partial charge >= 0.3 is 0 Å². The number of para-hydroxylation sites is 1. The summed E-state index contributed by atoms with van der Waals surface area (Å²) in [5.74, 6) is 0.664. The summed E-state index contributed by atoms with van der Waals surface area (Å²) in [5, 5.41) is 3.49. The van der Waals surface area contributed by atoms with Crippen molar-refractivity contribution in [1.82, 2.24) is 10.2 Å². The number of hydrogen-bond donors (Lipinski definition) is 1. The van der Waals surface area contributed by atoms with Crippen LogP contribution in [0, 0.1) is 5.82 Å². The Kier molecular flexibility index (Phi) is 7.40. The van der Waals surface area contributed by atoms with E-state index in [0.29, 0.717) is 6.54 Å². The number of benzene rings is 2. The molecule has 0 fully saturated rings. The second-order valence-corrected chi connectivity index (χ2v) is 6.49. The predicted octanol–water partition coefficient (Wildman–Crippen LogP) is 3.68. The maximum atomic E-state index is 13.2. The van der Waals surface area contributed by atoms with Crippen LogP contribution in [0.2, 0.25) is 0 Å². The van der Waals surface area contributed by atoms with Gasteiger partial charge in [0.05, 0.1) is 6.04 Å². The molecule has 140 valence electrons. The molecule has 0 saturated heterocycles. The van der Waals surface area contributed by atoms with E-state index < -0.39 is 0 Å². The van der Waals surface area contributed by atoms with E-state index in [0.717, 1.165) is 24.5 Å². The van der Waals surface area contributed by atoms with E-state index in [4.69, 9.17) is 0 Å². The Hall–Kier alpha value is -1.67. The average Bonchev–Trinajstić information content (AvgIpc) is 3.04. The molecule has 26 heavy (non-hydrogen) atoms. The van der Waals surface area contributed by atoms with E-state index in [2.05, 4.69) is 44.4 Å². The third kappa shape index (κ3) is 4.54. The van der Waals surface area contributed by atoms with Gasteiger partial charge in [-0.15, -0.1) is 24.0 Å². The number of anilines is 1. The van der Waals surface area contributed by atoms with Crippen LogP contribution in [0.1, 0.15) is 17.2 Å². The molecule has 4 nitrogen and oxygen atoms in total. The smallest absolute Gasteiger partial charge is 0.198 e. The summed E-state index contributed by atoms with van der Waals surface area (Å²) < 4.78 is 13.2. The maximum Gasteiger partial charge on any atom is 0.198 e. The number of guanidine groups is 1. The topological polar surface area (TPSA) is 30.9 Å². The van der Waals surface area contributed by atoms with Gasteiger partial charge in [0.15, 0.2) is 5.96 Å². The molecule has 0 aromatic heterocycles. The molecule has 1 unspecified atom stereocenters. The predicted molar refractivity (Wildman–Crippen MR) is 117 cm³/mol. The molecule has 3 rings (SSSR count). The fraction of sp³-hybridized carbons (Fsp3) is 0.350. The van der Waals surface area contributed by atoms with Gasteiger partial charge in [-0.3, -0.25) is 4.99 Å². The van der Waals surface area contributed by atoms with Crippen molar-refractivity contribution in [3.8, 4) is 0 Å². The molecule has 1 aliphatic rings. The summed E-state index contributed by atoms with van der Waals surface area (Å²) in [6.45, 7) is 1.63. The van der Waals surface area contributed by atoms with E-state index in [1.54, 1.807) is 0 Å². The highest BCUT2D eigenvalue weighted by molar-refractivity contribution is 14.0. The molecular weight excluding hydrogens is 442 g/mol. The lowest BCUT2D eigenvalue weighted by Gasteiger charge is -2.28. The van der Waals surface area contributed by atoms with Gasteiger partial charge in [-0.2, -0.15) is 0 Å². The largest absolute Gasteiger partial charge is 0.354 e. The highest BCUT2D eigenvalue weighted by atomic mass is 127. The molecule has 6 heteroatoms. The third-order valence-electron chi connectivity index (χ3n) is 4.69. The number of fused-ring (bicyclic) bond motifs is 1. The van der Waals surface area contributed by atoms with Gasteiger partial charge in [0.1, 0.15) is 5.82 Å². The van der Waals surface area contributed by atoms with E-state index in [1.807, 2.05) is 33.3 Å². The lowest BCUT2D eigenvalue weighted by atomic mass is 10.1. The number of likely N-dealkylation sites (N-methyl/N-ethyl adjacent to an activating group) is 1. The Morgan fingerprint density at radius 3 is 2.54 bits per heavy atom. The van der Waals surface area contributed by atoms with Gasteiger partial charge in [-0.25, -0.2) is 4.39 Å². The summed E-state index contributed by atoms with van der Waals surface area (Å²) in [6.07, 6.45) is 1.03. The number of nitrogens with zero attached hydrogens (tertiary/aromatic N) is 3. The van der Waals surface area contributed by atoms with Crippen molar-refractivity contribution in [2.75, 3.05) is 39.1 Å². The molecule has 1 atom stereocenters. The Morgan fingerprint density at radius 2 is 1.88 bits per heavy atom. The Labute approximate surface area is 172 Å². The van der Waals surface area contributed by atoms with Crippen LogP contribution in [0.15, 0.2) is 53.5 Å². The van der Waals surface area contributed by atoms with Crippen LogP contribution in [-0.2, 0) is 6.42 Å². The fourth-order valence-electron chi connectivity index (χ4n) is 3.32. The van der Waals surface area contributed by atoms with Crippen molar-refractivity contribution in [3.63, 3.8) is 0 Å². The zero-order valence-corrected chi connectivity index (χ0v) is 17.8. The minimum atomic E-state index is -0.210. The molecule has 0 radical (unpaired) electrons. The molecule has 0 amide bonds. The maximum absolute atomic E-state index is 13.2. The Morgan fingerprint density at radius 1 is 1.19 bits per heavy atom. The first-order valence-electron chi connectivity index (χ1n) is 8.58. The highest BCUT2D eigenvalue weighted by Crippen LogP contribution is 2.27. The van der Waals surface area contributed by atoms with Crippen LogP contribution in [0.5, 0.6) is 0 Å². The summed E-state index contributed by atoms with van der Waals surface area (Å²) in [6, 6.07) is 15.3. The average molecular weight is 468 g/mol.